The topological polar surface area (TPSA) is 104 Å². The van der Waals surface area contributed by atoms with E-state index in [0.717, 1.165) is 16.8 Å². The Morgan fingerprint density at radius 2 is 2.00 bits per heavy atom. The van der Waals surface area contributed by atoms with Crippen molar-refractivity contribution in [2.24, 2.45) is 4.99 Å². The first-order valence-corrected chi connectivity index (χ1v) is 10.9. The highest BCUT2D eigenvalue weighted by molar-refractivity contribution is 8.16. The van der Waals surface area contributed by atoms with Crippen LogP contribution in [0.2, 0.25) is 0 Å². The quantitative estimate of drug-likeness (QED) is 0.827. The number of benzene rings is 1. The summed E-state index contributed by atoms with van der Waals surface area (Å²) in [5.41, 5.74) is 2.83. The van der Waals surface area contributed by atoms with Crippen molar-refractivity contribution in [3.8, 4) is 0 Å². The van der Waals surface area contributed by atoms with Crippen LogP contribution < -0.4 is 4.90 Å². The second kappa shape index (κ2) is 7.03. The third kappa shape index (κ3) is 3.93. The van der Waals surface area contributed by atoms with Crippen molar-refractivity contribution in [3.63, 3.8) is 0 Å². The zero-order valence-corrected chi connectivity index (χ0v) is 16.1. The highest BCUT2D eigenvalue weighted by Crippen LogP contribution is 2.42. The molecule has 0 saturated carbocycles. The number of sulfone groups is 1. The molecule has 0 unspecified atom stereocenters. The van der Waals surface area contributed by atoms with Gasteiger partial charge in [0, 0.05) is 17.4 Å². The molecule has 1 aromatic carbocycles. The van der Waals surface area contributed by atoms with Crippen molar-refractivity contribution < 1.29 is 23.1 Å². The predicted molar refractivity (Wildman–Crippen MR) is 102 cm³/mol. The summed E-state index contributed by atoms with van der Waals surface area (Å²) in [5, 5.41) is 9.01. The number of hydrogen-bond acceptors (Lipinski definition) is 5. The van der Waals surface area contributed by atoms with Crippen molar-refractivity contribution in [3.05, 3.63) is 29.3 Å². The maximum absolute atomic E-state index is 12.1. The molecule has 0 spiro atoms. The summed E-state index contributed by atoms with van der Waals surface area (Å²) in [6.07, 6.45) is -0.446. The fraction of sp³-hybridized carbons (Fsp3) is 0.471. The number of fused-ring (bicyclic) bond motifs is 1. The molecule has 7 nitrogen and oxygen atoms in total. The summed E-state index contributed by atoms with van der Waals surface area (Å²) in [4.78, 5) is 28.7. The number of aliphatic carboxylic acids is 1. The molecule has 1 aromatic rings. The van der Waals surface area contributed by atoms with Gasteiger partial charge in [-0.1, -0.05) is 23.9 Å². The van der Waals surface area contributed by atoms with Gasteiger partial charge in [0.15, 0.2) is 15.0 Å². The number of rotatable bonds is 4. The van der Waals surface area contributed by atoms with Crippen LogP contribution in [0.25, 0.3) is 0 Å². The zero-order chi connectivity index (χ0) is 19.1. The number of carboxylic acids is 1. The number of amides is 1. The number of carboxylic acid groups (broad SMARTS) is 1. The second-order valence-corrected chi connectivity index (χ2v) is 10.0. The third-order valence-corrected chi connectivity index (χ3v) is 7.67. The Morgan fingerprint density at radius 3 is 2.69 bits per heavy atom. The smallest absolute Gasteiger partial charge is 0.303 e. The van der Waals surface area contributed by atoms with Gasteiger partial charge in [-0.15, -0.1) is 0 Å². The molecule has 0 aliphatic carbocycles. The van der Waals surface area contributed by atoms with Crippen LogP contribution in [0.4, 0.5) is 5.69 Å². The monoisotopic (exact) mass is 396 g/mol. The van der Waals surface area contributed by atoms with E-state index >= 15 is 0 Å². The van der Waals surface area contributed by atoms with Gasteiger partial charge in [0.1, 0.15) is 0 Å². The molecule has 1 amide bonds. The number of aliphatic imine (C=N–C) groups is 1. The van der Waals surface area contributed by atoms with Gasteiger partial charge >= 0.3 is 5.97 Å². The maximum atomic E-state index is 12.1. The van der Waals surface area contributed by atoms with E-state index in [1.54, 1.807) is 0 Å². The Kier molecular flexibility index (Phi) is 5.12. The highest BCUT2D eigenvalue weighted by Gasteiger charge is 2.49. The number of nitrogens with zero attached hydrogens (tertiary/aromatic N) is 2. The van der Waals surface area contributed by atoms with E-state index < -0.39 is 21.7 Å². The average molecular weight is 396 g/mol. The molecule has 2 aliphatic rings. The minimum atomic E-state index is -3.12. The fourth-order valence-electron chi connectivity index (χ4n) is 3.20. The van der Waals surface area contributed by atoms with Gasteiger partial charge in [-0.25, -0.2) is 8.42 Å². The maximum Gasteiger partial charge on any atom is 0.303 e. The Balaban J connectivity index is 1.97. The fourth-order valence-corrected chi connectivity index (χ4v) is 7.13. The minimum absolute atomic E-state index is 0.0282. The average Bonchev–Trinajstić information content (AvgIpc) is 2.99. The van der Waals surface area contributed by atoms with E-state index in [0.29, 0.717) is 5.17 Å². The molecule has 0 bridgehead atoms. The second-order valence-electron chi connectivity index (χ2n) is 6.64. The molecule has 2 heterocycles. The Morgan fingerprint density at radius 1 is 1.27 bits per heavy atom. The molecule has 0 aromatic heterocycles. The lowest BCUT2D eigenvalue weighted by Gasteiger charge is -2.26. The van der Waals surface area contributed by atoms with E-state index in [4.69, 9.17) is 5.11 Å². The summed E-state index contributed by atoms with van der Waals surface area (Å²) in [7, 11) is -3.12. The van der Waals surface area contributed by atoms with E-state index in [2.05, 4.69) is 4.99 Å². The molecule has 1 N–H and O–H groups in total. The van der Waals surface area contributed by atoms with Crippen molar-refractivity contribution in [1.29, 1.82) is 0 Å². The number of thioether (sulfide) groups is 1. The van der Waals surface area contributed by atoms with Gasteiger partial charge < -0.3 is 10.0 Å². The summed E-state index contributed by atoms with van der Waals surface area (Å²) < 4.78 is 24.1. The third-order valence-electron chi connectivity index (χ3n) is 4.46. The van der Waals surface area contributed by atoms with Crippen LogP contribution in [0.5, 0.6) is 0 Å². The predicted octanol–water partition coefficient (Wildman–Crippen LogP) is 1.77. The molecule has 2 fully saturated rings. The van der Waals surface area contributed by atoms with Crippen LogP contribution in [-0.4, -0.2) is 53.4 Å². The van der Waals surface area contributed by atoms with Crippen LogP contribution >= 0.6 is 11.8 Å². The van der Waals surface area contributed by atoms with Crippen LogP contribution in [0.3, 0.4) is 0 Å². The molecule has 140 valence electrons. The van der Waals surface area contributed by atoms with Gasteiger partial charge in [-0.2, -0.15) is 4.99 Å². The number of anilines is 1. The standard InChI is InChI=1S/C17H20N2O5S2/c1-10-3-4-11(2)12(7-10)19-13-8-26(23,24)9-14(13)25-17(19)18-15(20)5-6-16(21)22/h3-4,7,13-14H,5-6,8-9H2,1-2H3,(H,21,22)/t13-,14-/m1/s1. The normalized spacial score (nSPS) is 25.5. The molecule has 26 heavy (non-hydrogen) atoms. The molecule has 2 aliphatic heterocycles. The van der Waals surface area contributed by atoms with Crippen LogP contribution in [0.15, 0.2) is 23.2 Å². The number of carbonyl (C=O) groups is 2. The zero-order valence-electron chi connectivity index (χ0n) is 14.5. The van der Waals surface area contributed by atoms with E-state index in [1.807, 2.05) is 36.9 Å². The summed E-state index contributed by atoms with van der Waals surface area (Å²) in [6.45, 7) is 3.88. The Bertz CT molecular complexity index is 894. The molecule has 2 atom stereocenters. The van der Waals surface area contributed by atoms with Crippen molar-refractivity contribution in [2.45, 2.75) is 38.0 Å². The molecule has 3 rings (SSSR count). The number of amidine groups is 1. The van der Waals surface area contributed by atoms with E-state index in [9.17, 15) is 18.0 Å². The minimum Gasteiger partial charge on any atom is -0.481 e. The van der Waals surface area contributed by atoms with Crippen molar-refractivity contribution in [2.75, 3.05) is 16.4 Å². The van der Waals surface area contributed by atoms with Crippen molar-refractivity contribution in [1.82, 2.24) is 0 Å². The number of hydrogen-bond donors (Lipinski definition) is 1. The first-order chi connectivity index (χ1) is 12.2. The van der Waals surface area contributed by atoms with Gasteiger partial charge in [0.25, 0.3) is 0 Å². The highest BCUT2D eigenvalue weighted by atomic mass is 32.2. The SMILES string of the molecule is Cc1ccc(C)c(N2C(=NC(=O)CCC(=O)O)S[C@@H]3CS(=O)(=O)C[C@H]32)c1. The van der Waals surface area contributed by atoms with E-state index in [-0.39, 0.29) is 35.6 Å². The Hall–Kier alpha value is -1.87. The molecule has 2 saturated heterocycles. The van der Waals surface area contributed by atoms with Crippen LogP contribution in [-0.2, 0) is 19.4 Å². The lowest BCUT2D eigenvalue weighted by molar-refractivity contribution is -0.138. The first-order valence-electron chi connectivity index (χ1n) is 8.23. The largest absolute Gasteiger partial charge is 0.481 e. The molecular weight excluding hydrogens is 376 g/mol. The van der Waals surface area contributed by atoms with Gasteiger partial charge in [-0.3, -0.25) is 9.59 Å². The lowest BCUT2D eigenvalue weighted by Crippen LogP contribution is -2.38. The molecule has 0 radical (unpaired) electrons. The van der Waals surface area contributed by atoms with Gasteiger partial charge in [0.05, 0.1) is 24.0 Å². The number of aryl methyl sites for hydroxylation is 2. The van der Waals surface area contributed by atoms with Crippen LogP contribution in [0, 0.1) is 13.8 Å². The molecule has 9 heteroatoms. The van der Waals surface area contributed by atoms with Crippen molar-refractivity contribution >= 4 is 44.3 Å². The number of carbonyl (C=O) groups excluding carboxylic acids is 1. The summed E-state index contributed by atoms with van der Waals surface area (Å²) >= 11 is 1.29. The first kappa shape index (κ1) is 18.9. The summed E-state index contributed by atoms with van der Waals surface area (Å²) in [6, 6.07) is 5.62. The van der Waals surface area contributed by atoms with Gasteiger partial charge in [0.2, 0.25) is 5.91 Å². The molecular formula is C17H20N2O5S2. The van der Waals surface area contributed by atoms with Crippen LogP contribution in [0.1, 0.15) is 24.0 Å². The lowest BCUT2D eigenvalue weighted by atomic mass is 10.1. The Labute approximate surface area is 156 Å². The summed E-state index contributed by atoms with van der Waals surface area (Å²) in [5.74, 6) is -1.47. The van der Waals surface area contributed by atoms with Gasteiger partial charge in [-0.05, 0) is 31.0 Å². The van der Waals surface area contributed by atoms with E-state index in [1.165, 1.54) is 11.8 Å².